The average Bonchev–Trinajstić information content (AvgIpc) is 2.85. The van der Waals surface area contributed by atoms with Crippen molar-refractivity contribution in [3.63, 3.8) is 0 Å². The monoisotopic (exact) mass is 372 g/mol. The zero-order valence-electron chi connectivity index (χ0n) is 16.3. The molecular formula is C20H25FN4O2. The number of nitrogens with one attached hydrogen (secondary N) is 1. The van der Waals surface area contributed by atoms with Crippen LogP contribution in [0.2, 0.25) is 0 Å². The van der Waals surface area contributed by atoms with Crippen molar-refractivity contribution in [1.29, 1.82) is 0 Å². The van der Waals surface area contributed by atoms with Crippen molar-refractivity contribution in [2.24, 2.45) is 7.05 Å². The molecule has 1 aromatic heterocycles. The first-order chi connectivity index (χ1) is 12.7. The molecule has 1 saturated heterocycles. The third-order valence-electron chi connectivity index (χ3n) is 5.08. The van der Waals surface area contributed by atoms with Gasteiger partial charge in [0.1, 0.15) is 11.6 Å². The third-order valence-corrected chi connectivity index (χ3v) is 5.08. The van der Waals surface area contributed by atoms with E-state index in [-0.39, 0.29) is 17.4 Å². The Morgan fingerprint density at radius 3 is 2.44 bits per heavy atom. The number of nitrogens with zero attached hydrogens (tertiary/aromatic N) is 3. The van der Waals surface area contributed by atoms with E-state index in [1.165, 1.54) is 13.0 Å². The lowest BCUT2D eigenvalue weighted by Crippen LogP contribution is -2.59. The van der Waals surface area contributed by atoms with Crippen LogP contribution in [0.15, 0.2) is 24.3 Å². The number of carbonyl (C=O) groups excluding carboxylic acids is 2. The Hall–Kier alpha value is -2.67. The first-order valence-electron chi connectivity index (χ1n) is 8.88. The standard InChI is InChI=1S/C20H25FN4O2/c1-12-6-7-17(16(21)8-12)22-19-15(9-18(13(2)26)24(19)5)20(27)25-10-14(11-25)23(3)4/h6-9,14,22H,10-11H2,1-5H3. The predicted molar refractivity (Wildman–Crippen MR) is 103 cm³/mol. The number of hydrogen-bond acceptors (Lipinski definition) is 4. The summed E-state index contributed by atoms with van der Waals surface area (Å²) < 4.78 is 15.9. The molecule has 0 radical (unpaired) electrons. The Bertz CT molecular complexity index is 898. The number of halogens is 1. The van der Waals surface area contributed by atoms with Gasteiger partial charge in [0, 0.05) is 33.1 Å². The van der Waals surface area contributed by atoms with Crippen LogP contribution in [-0.2, 0) is 7.05 Å². The molecule has 0 aliphatic carbocycles. The van der Waals surface area contributed by atoms with E-state index in [0.717, 1.165) is 5.56 Å². The molecule has 0 atom stereocenters. The van der Waals surface area contributed by atoms with Gasteiger partial charge in [-0.15, -0.1) is 0 Å². The van der Waals surface area contributed by atoms with Gasteiger partial charge in [-0.05, 0) is 44.8 Å². The van der Waals surface area contributed by atoms with Gasteiger partial charge in [-0.25, -0.2) is 4.39 Å². The van der Waals surface area contributed by atoms with Crippen LogP contribution in [0.5, 0.6) is 0 Å². The number of carbonyl (C=O) groups is 2. The first kappa shape index (κ1) is 19.1. The van der Waals surface area contributed by atoms with Crippen LogP contribution in [0, 0.1) is 12.7 Å². The van der Waals surface area contributed by atoms with Gasteiger partial charge in [0.05, 0.1) is 16.9 Å². The van der Waals surface area contributed by atoms with E-state index in [0.29, 0.717) is 36.2 Å². The summed E-state index contributed by atoms with van der Waals surface area (Å²) in [5.41, 5.74) is 1.85. The molecule has 1 aliphatic rings. The molecule has 1 N–H and O–H groups in total. The number of rotatable bonds is 5. The van der Waals surface area contributed by atoms with Crippen LogP contribution in [0.4, 0.5) is 15.9 Å². The summed E-state index contributed by atoms with van der Waals surface area (Å²) in [5, 5.41) is 3.01. The minimum Gasteiger partial charge on any atom is -0.339 e. The maximum atomic E-state index is 14.3. The topological polar surface area (TPSA) is 57.6 Å². The van der Waals surface area contributed by atoms with E-state index >= 15 is 0 Å². The van der Waals surface area contributed by atoms with Gasteiger partial charge >= 0.3 is 0 Å². The SMILES string of the molecule is CC(=O)c1cc(C(=O)N2CC(N(C)C)C2)c(Nc2ccc(C)cc2F)n1C. The van der Waals surface area contributed by atoms with E-state index in [1.807, 2.05) is 21.0 Å². The largest absolute Gasteiger partial charge is 0.339 e. The van der Waals surface area contributed by atoms with Crippen molar-refractivity contribution in [2.75, 3.05) is 32.5 Å². The highest BCUT2D eigenvalue weighted by atomic mass is 19.1. The molecule has 0 saturated carbocycles. The van der Waals surface area contributed by atoms with E-state index in [4.69, 9.17) is 0 Å². The number of likely N-dealkylation sites (N-methyl/N-ethyl adjacent to an activating group) is 1. The fraction of sp³-hybridized carbons (Fsp3) is 0.400. The molecule has 0 bridgehead atoms. The number of likely N-dealkylation sites (tertiary alicyclic amines) is 1. The maximum absolute atomic E-state index is 14.3. The van der Waals surface area contributed by atoms with Gasteiger partial charge in [-0.1, -0.05) is 6.07 Å². The van der Waals surface area contributed by atoms with Crippen LogP contribution in [-0.4, -0.2) is 59.3 Å². The van der Waals surface area contributed by atoms with Gasteiger partial charge < -0.3 is 19.7 Å². The molecule has 6 nitrogen and oxygen atoms in total. The molecule has 2 aromatic rings. The van der Waals surface area contributed by atoms with Crippen molar-refractivity contribution in [2.45, 2.75) is 19.9 Å². The lowest BCUT2D eigenvalue weighted by Gasteiger charge is -2.42. The Balaban J connectivity index is 1.95. The fourth-order valence-electron chi connectivity index (χ4n) is 3.22. The lowest BCUT2D eigenvalue weighted by atomic mass is 10.1. The molecule has 1 aliphatic heterocycles. The Morgan fingerprint density at radius 1 is 1.22 bits per heavy atom. The van der Waals surface area contributed by atoms with Crippen LogP contribution in [0.1, 0.15) is 33.3 Å². The predicted octanol–water partition coefficient (Wildman–Crippen LogP) is 2.80. The van der Waals surface area contributed by atoms with Crippen molar-refractivity contribution in [3.8, 4) is 0 Å². The van der Waals surface area contributed by atoms with E-state index in [1.54, 1.807) is 34.7 Å². The molecule has 7 heteroatoms. The minimum atomic E-state index is -0.407. The Labute approximate surface area is 158 Å². The smallest absolute Gasteiger partial charge is 0.257 e. The highest BCUT2D eigenvalue weighted by Gasteiger charge is 2.34. The van der Waals surface area contributed by atoms with Crippen molar-refractivity contribution >= 4 is 23.2 Å². The zero-order valence-corrected chi connectivity index (χ0v) is 16.3. The van der Waals surface area contributed by atoms with Crippen LogP contribution in [0.25, 0.3) is 0 Å². The number of ketones is 1. The van der Waals surface area contributed by atoms with Gasteiger partial charge in [0.25, 0.3) is 5.91 Å². The second kappa shape index (κ2) is 7.15. The van der Waals surface area contributed by atoms with E-state index < -0.39 is 5.82 Å². The number of amides is 1. The third kappa shape index (κ3) is 3.60. The van der Waals surface area contributed by atoms with Crippen molar-refractivity contribution in [3.05, 3.63) is 46.9 Å². The minimum absolute atomic E-state index is 0.154. The van der Waals surface area contributed by atoms with E-state index in [9.17, 15) is 14.0 Å². The van der Waals surface area contributed by atoms with Crippen LogP contribution >= 0.6 is 0 Å². The lowest BCUT2D eigenvalue weighted by molar-refractivity contribution is 0.0400. The molecule has 0 spiro atoms. The molecular weight excluding hydrogens is 347 g/mol. The van der Waals surface area contributed by atoms with E-state index in [2.05, 4.69) is 10.2 Å². The molecule has 3 rings (SSSR count). The maximum Gasteiger partial charge on any atom is 0.257 e. The highest BCUT2D eigenvalue weighted by Crippen LogP contribution is 2.29. The van der Waals surface area contributed by atoms with Gasteiger partial charge in [0.2, 0.25) is 0 Å². The quantitative estimate of drug-likeness (QED) is 0.820. The first-order valence-corrected chi connectivity index (χ1v) is 8.88. The zero-order chi connectivity index (χ0) is 19.9. The summed E-state index contributed by atoms with van der Waals surface area (Å²) in [6.07, 6.45) is 0. The molecule has 144 valence electrons. The molecule has 1 aromatic carbocycles. The van der Waals surface area contributed by atoms with Crippen LogP contribution < -0.4 is 5.32 Å². The summed E-state index contributed by atoms with van der Waals surface area (Å²) in [6.45, 7) is 4.53. The summed E-state index contributed by atoms with van der Waals surface area (Å²) in [7, 11) is 5.66. The normalized spacial score (nSPS) is 14.4. The van der Waals surface area contributed by atoms with Crippen LogP contribution in [0.3, 0.4) is 0 Å². The summed E-state index contributed by atoms with van der Waals surface area (Å²) in [6, 6.07) is 6.76. The van der Waals surface area contributed by atoms with Gasteiger partial charge in [0.15, 0.2) is 5.78 Å². The number of benzene rings is 1. The van der Waals surface area contributed by atoms with Gasteiger partial charge in [-0.3, -0.25) is 9.59 Å². The molecule has 1 fully saturated rings. The number of anilines is 2. The Morgan fingerprint density at radius 2 is 1.89 bits per heavy atom. The second-order valence-corrected chi connectivity index (χ2v) is 7.34. The number of Topliss-reactive ketones (excluding diaryl/α,β-unsaturated/α-hetero) is 1. The summed E-state index contributed by atoms with van der Waals surface area (Å²) >= 11 is 0. The molecule has 0 unspecified atom stereocenters. The van der Waals surface area contributed by atoms with Crippen molar-refractivity contribution < 1.29 is 14.0 Å². The Kier molecular flexibility index (Phi) is 5.06. The van der Waals surface area contributed by atoms with Crippen molar-refractivity contribution in [1.82, 2.24) is 14.4 Å². The summed E-state index contributed by atoms with van der Waals surface area (Å²) in [5.74, 6) is -0.304. The molecule has 1 amide bonds. The number of hydrogen-bond donors (Lipinski definition) is 1. The number of aromatic nitrogens is 1. The van der Waals surface area contributed by atoms with Gasteiger partial charge in [-0.2, -0.15) is 0 Å². The summed E-state index contributed by atoms with van der Waals surface area (Å²) in [4.78, 5) is 28.8. The average molecular weight is 372 g/mol. The molecule has 2 heterocycles. The number of aryl methyl sites for hydroxylation is 1. The second-order valence-electron chi connectivity index (χ2n) is 7.34. The molecule has 27 heavy (non-hydrogen) atoms. The highest BCUT2D eigenvalue weighted by molar-refractivity contribution is 6.04. The fourth-order valence-corrected chi connectivity index (χ4v) is 3.22.